The van der Waals surface area contributed by atoms with Gasteiger partial charge in [-0.3, -0.25) is 0 Å². The van der Waals surface area contributed by atoms with Gasteiger partial charge in [0.1, 0.15) is 5.69 Å². The van der Waals surface area contributed by atoms with Gasteiger partial charge in [0.05, 0.1) is 25.4 Å². The van der Waals surface area contributed by atoms with E-state index in [1.807, 2.05) is 6.92 Å². The maximum Gasteiger partial charge on any atom is 0.263 e. The molecule has 1 aromatic heterocycles. The third-order valence-electron chi connectivity index (χ3n) is 3.14. The van der Waals surface area contributed by atoms with Crippen molar-refractivity contribution in [3.05, 3.63) is 5.69 Å². The molecule has 1 atom stereocenters. The lowest BCUT2D eigenvalue weighted by Crippen LogP contribution is -2.43. The minimum Gasteiger partial charge on any atom is -0.376 e. The third kappa shape index (κ3) is 3.54. The first-order chi connectivity index (χ1) is 9.47. The van der Waals surface area contributed by atoms with Gasteiger partial charge in [0, 0.05) is 6.54 Å². The number of ether oxygens (including phenoxy) is 2. The number of hydrogen-bond donors (Lipinski definition) is 1. The molecule has 9 heteroatoms. The lowest BCUT2D eigenvalue weighted by atomic mass is 10.0. The van der Waals surface area contributed by atoms with Crippen molar-refractivity contribution in [3.63, 3.8) is 0 Å². The van der Waals surface area contributed by atoms with Crippen LogP contribution in [0.1, 0.15) is 26.0 Å². The Morgan fingerprint density at radius 2 is 2.15 bits per heavy atom. The Morgan fingerprint density at radius 3 is 2.80 bits per heavy atom. The van der Waals surface area contributed by atoms with Crippen LogP contribution in [0.3, 0.4) is 0 Å². The van der Waals surface area contributed by atoms with Gasteiger partial charge in [0.15, 0.2) is 0 Å². The fourth-order valence-electron chi connectivity index (χ4n) is 1.96. The Labute approximate surface area is 117 Å². The topological polar surface area (TPSA) is 104 Å². The summed E-state index contributed by atoms with van der Waals surface area (Å²) in [5.74, 6) is 0. The Morgan fingerprint density at radius 1 is 1.35 bits per heavy atom. The Balaban J connectivity index is 1.93. The van der Waals surface area contributed by atoms with Gasteiger partial charge in [0.2, 0.25) is 5.03 Å². The first-order valence-corrected chi connectivity index (χ1v) is 7.98. The highest BCUT2D eigenvalue weighted by Gasteiger charge is 2.30. The van der Waals surface area contributed by atoms with Crippen molar-refractivity contribution in [1.29, 1.82) is 0 Å². The molecule has 114 valence electrons. The Hall–Kier alpha value is -1.03. The van der Waals surface area contributed by atoms with E-state index in [9.17, 15) is 8.42 Å². The molecule has 1 unspecified atom stereocenters. The molecule has 1 aliphatic heterocycles. The molecule has 0 bridgehead atoms. The molecule has 0 saturated carbocycles. The molecule has 2 heterocycles. The zero-order chi connectivity index (χ0) is 14.6. The molecule has 1 aliphatic rings. The summed E-state index contributed by atoms with van der Waals surface area (Å²) in [6, 6.07) is 0. The van der Waals surface area contributed by atoms with Gasteiger partial charge in [-0.1, -0.05) is 12.1 Å². The van der Waals surface area contributed by atoms with Crippen molar-refractivity contribution < 1.29 is 22.5 Å². The molecule has 0 aromatic carbocycles. The van der Waals surface area contributed by atoms with E-state index >= 15 is 0 Å². The second-order valence-corrected chi connectivity index (χ2v) is 6.55. The highest BCUT2D eigenvalue weighted by Crippen LogP contribution is 2.19. The molecule has 0 radical (unpaired) electrons. The molecule has 0 aliphatic carbocycles. The molecule has 20 heavy (non-hydrogen) atoms. The molecule has 1 aromatic rings. The van der Waals surface area contributed by atoms with Crippen LogP contribution in [0.4, 0.5) is 0 Å². The summed E-state index contributed by atoms with van der Waals surface area (Å²) >= 11 is 0. The molecular weight excluding hydrogens is 286 g/mol. The standard InChI is InChI=1S/C11H19N3O5S/c1-3-9-10(14-19-13-9)20(15,16)12-5-4-11(2)8-17-6-7-18-11/h12H,3-8H2,1-2H3. The van der Waals surface area contributed by atoms with Crippen molar-refractivity contribution in [1.82, 2.24) is 15.0 Å². The number of sulfonamides is 1. The fourth-order valence-corrected chi connectivity index (χ4v) is 3.09. The second-order valence-electron chi connectivity index (χ2n) is 4.87. The van der Waals surface area contributed by atoms with E-state index < -0.39 is 15.6 Å². The minimum absolute atomic E-state index is 0.147. The van der Waals surface area contributed by atoms with Gasteiger partial charge in [-0.15, -0.1) is 0 Å². The van der Waals surface area contributed by atoms with Crippen LogP contribution in [0.25, 0.3) is 0 Å². The second kappa shape index (κ2) is 6.17. The van der Waals surface area contributed by atoms with Gasteiger partial charge >= 0.3 is 0 Å². The molecule has 0 amide bonds. The number of hydrogen-bond acceptors (Lipinski definition) is 7. The van der Waals surface area contributed by atoms with E-state index in [0.717, 1.165) is 0 Å². The van der Waals surface area contributed by atoms with Gasteiger partial charge in [-0.05, 0) is 24.9 Å². The van der Waals surface area contributed by atoms with Crippen LogP contribution in [0.5, 0.6) is 0 Å². The number of rotatable bonds is 6. The van der Waals surface area contributed by atoms with Gasteiger partial charge in [-0.25, -0.2) is 17.8 Å². The van der Waals surface area contributed by atoms with Gasteiger partial charge in [0.25, 0.3) is 10.0 Å². The highest BCUT2D eigenvalue weighted by atomic mass is 32.2. The van der Waals surface area contributed by atoms with Crippen LogP contribution in [0, 0.1) is 0 Å². The summed E-state index contributed by atoms with van der Waals surface area (Å²) in [6.45, 7) is 5.48. The molecule has 1 N–H and O–H groups in total. The zero-order valence-electron chi connectivity index (χ0n) is 11.6. The lowest BCUT2D eigenvalue weighted by Gasteiger charge is -2.33. The van der Waals surface area contributed by atoms with E-state index in [1.54, 1.807) is 6.92 Å². The number of nitrogens with one attached hydrogen (secondary N) is 1. The quantitative estimate of drug-likeness (QED) is 0.795. The monoisotopic (exact) mass is 305 g/mol. The Kier molecular flexibility index (Phi) is 4.74. The first-order valence-electron chi connectivity index (χ1n) is 6.50. The summed E-state index contributed by atoms with van der Waals surface area (Å²) in [4.78, 5) is 0. The molecule has 8 nitrogen and oxygen atoms in total. The minimum atomic E-state index is -3.70. The van der Waals surface area contributed by atoms with Crippen LogP contribution in [0.2, 0.25) is 0 Å². The van der Waals surface area contributed by atoms with Crippen LogP contribution in [0.15, 0.2) is 9.65 Å². The highest BCUT2D eigenvalue weighted by molar-refractivity contribution is 7.89. The summed E-state index contributed by atoms with van der Waals surface area (Å²) < 4.78 is 42.1. The number of aromatic nitrogens is 2. The summed E-state index contributed by atoms with van der Waals surface area (Å²) in [7, 11) is -3.70. The number of aryl methyl sites for hydroxylation is 1. The maximum absolute atomic E-state index is 12.1. The fraction of sp³-hybridized carbons (Fsp3) is 0.818. The predicted octanol–water partition coefficient (Wildman–Crippen LogP) is 0.106. The van der Waals surface area contributed by atoms with Crippen molar-refractivity contribution >= 4 is 10.0 Å². The van der Waals surface area contributed by atoms with Crippen molar-refractivity contribution in [3.8, 4) is 0 Å². The van der Waals surface area contributed by atoms with Crippen LogP contribution in [-0.4, -0.2) is 50.7 Å². The van der Waals surface area contributed by atoms with E-state index in [-0.39, 0.29) is 11.6 Å². The largest absolute Gasteiger partial charge is 0.376 e. The molecule has 0 spiro atoms. The van der Waals surface area contributed by atoms with Crippen LogP contribution in [-0.2, 0) is 25.9 Å². The van der Waals surface area contributed by atoms with Crippen LogP contribution < -0.4 is 4.72 Å². The van der Waals surface area contributed by atoms with Crippen molar-refractivity contribution in [2.75, 3.05) is 26.4 Å². The van der Waals surface area contributed by atoms with Crippen LogP contribution >= 0.6 is 0 Å². The summed E-state index contributed by atoms with van der Waals surface area (Å²) in [6.07, 6.45) is 0.952. The van der Waals surface area contributed by atoms with Gasteiger partial charge < -0.3 is 9.47 Å². The molecule has 2 rings (SSSR count). The molecule has 1 fully saturated rings. The molecule has 1 saturated heterocycles. The first kappa shape index (κ1) is 15.4. The van der Waals surface area contributed by atoms with E-state index in [2.05, 4.69) is 19.7 Å². The normalized spacial score (nSPS) is 23.9. The number of nitrogens with zero attached hydrogens (tertiary/aromatic N) is 2. The predicted molar refractivity (Wildman–Crippen MR) is 68.7 cm³/mol. The smallest absolute Gasteiger partial charge is 0.263 e. The zero-order valence-corrected chi connectivity index (χ0v) is 12.4. The third-order valence-corrected chi connectivity index (χ3v) is 4.55. The maximum atomic E-state index is 12.1. The lowest BCUT2D eigenvalue weighted by molar-refractivity contribution is -0.149. The summed E-state index contributed by atoms with van der Waals surface area (Å²) in [5.41, 5.74) is -0.142. The molecular formula is C11H19N3O5S. The Bertz CT molecular complexity index is 536. The van der Waals surface area contributed by atoms with E-state index in [0.29, 0.717) is 38.4 Å². The average Bonchev–Trinajstić information content (AvgIpc) is 2.88. The SMILES string of the molecule is CCc1nonc1S(=O)(=O)NCCC1(C)COCCO1. The van der Waals surface area contributed by atoms with E-state index in [1.165, 1.54) is 0 Å². The average molecular weight is 305 g/mol. The van der Waals surface area contributed by atoms with Gasteiger partial charge in [-0.2, -0.15) is 0 Å². The van der Waals surface area contributed by atoms with Crippen molar-refractivity contribution in [2.45, 2.75) is 37.3 Å². The van der Waals surface area contributed by atoms with Crippen molar-refractivity contribution in [2.24, 2.45) is 0 Å². The van der Waals surface area contributed by atoms with E-state index in [4.69, 9.17) is 9.47 Å². The summed E-state index contributed by atoms with van der Waals surface area (Å²) in [5, 5.41) is 6.86.